The highest BCUT2D eigenvalue weighted by molar-refractivity contribution is 7.58. The summed E-state index contributed by atoms with van der Waals surface area (Å²) in [4.78, 5) is 30.7. The van der Waals surface area contributed by atoms with Crippen LogP contribution in [0.5, 0.6) is 0 Å². The van der Waals surface area contributed by atoms with E-state index in [-0.39, 0.29) is 25.1 Å². The van der Waals surface area contributed by atoms with Crippen molar-refractivity contribution < 1.29 is 37.8 Å². The topological polar surface area (TPSA) is 252 Å². The van der Waals surface area contributed by atoms with E-state index >= 15 is 0 Å². The molecule has 0 amide bonds. The fourth-order valence-electron chi connectivity index (χ4n) is 0.476. The lowest BCUT2D eigenvalue weighted by Crippen LogP contribution is -2.19. The Balaban J connectivity index is -0.000000375. The van der Waals surface area contributed by atoms with Crippen molar-refractivity contribution in [2.75, 3.05) is 13.2 Å². The first-order valence-electron chi connectivity index (χ1n) is 4.00. The van der Waals surface area contributed by atoms with Gasteiger partial charge in [-0.3, -0.25) is 8.88 Å². The molecule has 0 aromatic rings. The summed E-state index contributed by atoms with van der Waals surface area (Å²) < 4.78 is 34.3. The van der Waals surface area contributed by atoms with E-state index in [1.54, 1.807) is 0 Å². The molecule has 18 heavy (non-hydrogen) atoms. The predicted octanol–water partition coefficient (Wildman–Crippen LogP) is -0.616. The molecule has 0 saturated heterocycles. The summed E-state index contributed by atoms with van der Waals surface area (Å²) in [5.41, 5.74) is 0.488. The Morgan fingerprint density at radius 1 is 1.33 bits per heavy atom. The van der Waals surface area contributed by atoms with E-state index in [2.05, 4.69) is 13.9 Å². The highest BCUT2D eigenvalue weighted by atomic mass is 31.3. The van der Waals surface area contributed by atoms with Crippen molar-refractivity contribution in [3.63, 3.8) is 0 Å². The van der Waals surface area contributed by atoms with Crippen molar-refractivity contribution in [3.8, 4) is 0 Å². The molecule has 0 heterocycles. The van der Waals surface area contributed by atoms with E-state index in [1.165, 1.54) is 13.0 Å². The van der Waals surface area contributed by atoms with Crippen LogP contribution < -0.4 is 33.1 Å². The Kier molecular flexibility index (Phi) is 13.7. The van der Waals surface area contributed by atoms with Gasteiger partial charge in [0.1, 0.15) is 0 Å². The smallest absolute Gasteiger partial charge is 0.272 e. The summed E-state index contributed by atoms with van der Waals surface area (Å²) in [6.07, 6.45) is 1.23. The SMILES string of the molecule is [2H]OC/C(C)=C/COP(=O)([O-])OP(=O)([O-])[O-].[NH4+].[NH4+].[NH4+]. The fraction of sp³-hybridized carbons (Fsp3) is 0.600. The summed E-state index contributed by atoms with van der Waals surface area (Å²) in [6, 6.07) is 0. The van der Waals surface area contributed by atoms with Gasteiger partial charge in [0.15, 0.2) is 0 Å². The molecular formula is C5H21N3O8P2. The highest BCUT2D eigenvalue weighted by Gasteiger charge is 2.10. The fourth-order valence-corrected chi connectivity index (χ4v) is 1.90. The second-order valence-electron chi connectivity index (χ2n) is 2.47. The van der Waals surface area contributed by atoms with Crippen molar-refractivity contribution in [1.82, 2.24) is 18.5 Å². The molecule has 0 aromatic carbocycles. The maximum Gasteiger partial charge on any atom is 0.272 e. The molecule has 114 valence electrons. The van der Waals surface area contributed by atoms with Crippen molar-refractivity contribution in [3.05, 3.63) is 11.6 Å². The number of phosphoric ester groups is 1. The minimum Gasteiger partial charge on any atom is -0.790 e. The third-order valence-electron chi connectivity index (χ3n) is 1.09. The predicted molar refractivity (Wildman–Crippen MR) is 61.0 cm³/mol. The first-order valence-corrected chi connectivity index (χ1v) is 6.51. The molecule has 0 rings (SSSR count). The quantitative estimate of drug-likeness (QED) is 0.347. The maximum absolute atomic E-state index is 10.7. The van der Waals surface area contributed by atoms with Gasteiger partial charge in [-0.05, 0) is 12.5 Å². The number of rotatable bonds is 7. The summed E-state index contributed by atoms with van der Waals surface area (Å²) in [7, 11) is -10.8. The average molecular weight is 314 g/mol. The van der Waals surface area contributed by atoms with Crippen molar-refractivity contribution in [2.24, 2.45) is 0 Å². The van der Waals surface area contributed by atoms with Gasteiger partial charge in [-0.2, -0.15) is 0 Å². The van der Waals surface area contributed by atoms with Crippen molar-refractivity contribution >= 4 is 15.6 Å². The Morgan fingerprint density at radius 3 is 2.22 bits per heavy atom. The lowest BCUT2D eigenvalue weighted by atomic mass is 10.3. The second kappa shape index (κ2) is 10.7. The second-order valence-corrected chi connectivity index (χ2v) is 5.17. The summed E-state index contributed by atoms with van der Waals surface area (Å²) >= 11 is 0. The zero-order chi connectivity index (χ0) is 12.8. The third kappa shape index (κ3) is 15.8. The van der Waals surface area contributed by atoms with Crippen molar-refractivity contribution in [2.45, 2.75) is 6.92 Å². The molecule has 0 spiro atoms. The lowest BCUT2D eigenvalue weighted by molar-refractivity contribution is -0.339. The van der Waals surface area contributed by atoms with Gasteiger partial charge in [0.05, 0.1) is 21.0 Å². The van der Waals surface area contributed by atoms with E-state index in [9.17, 15) is 23.8 Å². The van der Waals surface area contributed by atoms with E-state index in [4.69, 9.17) is 1.43 Å². The molecule has 0 saturated carbocycles. The van der Waals surface area contributed by atoms with E-state index in [1.807, 2.05) is 0 Å². The van der Waals surface area contributed by atoms with Gasteiger partial charge in [0, 0.05) is 0 Å². The molecule has 0 radical (unpaired) electrons. The highest BCUT2D eigenvalue weighted by Crippen LogP contribution is 2.50. The van der Waals surface area contributed by atoms with Gasteiger partial charge in [-0.1, -0.05) is 6.08 Å². The summed E-state index contributed by atoms with van der Waals surface area (Å²) in [5, 5.41) is 3.97. The van der Waals surface area contributed by atoms with Crippen molar-refractivity contribution in [1.29, 1.82) is 1.43 Å². The van der Waals surface area contributed by atoms with E-state index in [0.29, 0.717) is 5.57 Å². The average Bonchev–Trinajstić information content (AvgIpc) is 1.98. The van der Waals surface area contributed by atoms with Crippen LogP contribution in [-0.4, -0.2) is 19.8 Å². The zero-order valence-electron chi connectivity index (χ0n) is 11.7. The number of aliphatic hydroxyl groups excluding tert-OH is 1. The molecule has 11 nitrogen and oxygen atoms in total. The summed E-state index contributed by atoms with van der Waals surface area (Å²) in [6.45, 7) is 0.950. The minimum absolute atomic E-state index is 0. The normalized spacial score (nSPS) is 15.3. The maximum atomic E-state index is 10.7. The first kappa shape index (κ1) is 23.0. The Bertz CT molecular complexity index is 347. The largest absolute Gasteiger partial charge is 0.790 e. The van der Waals surface area contributed by atoms with Gasteiger partial charge in [0.2, 0.25) is 1.43 Å². The Labute approximate surface area is 106 Å². The molecule has 1 unspecified atom stereocenters. The third-order valence-corrected chi connectivity index (χ3v) is 3.16. The number of aliphatic hydroxyl groups is 1. The van der Waals surface area contributed by atoms with Crippen LogP contribution in [-0.2, 0) is 18.0 Å². The summed E-state index contributed by atoms with van der Waals surface area (Å²) in [5.74, 6) is 0. The van der Waals surface area contributed by atoms with Crippen LogP contribution in [0.2, 0.25) is 0 Å². The molecule has 0 bridgehead atoms. The standard InChI is InChI=1S/C5H12O8P2.3H3N/c1-5(4-6)2-3-12-15(10,11)13-14(7,8)9;;;/h2,6H,3-4H2,1H3,(H,10,11)(H2,7,8,9);3*1H3/b5-2+;;;/i6D;;;. The molecule has 0 aromatic heterocycles. The van der Waals surface area contributed by atoms with E-state index < -0.39 is 22.3 Å². The first-order chi connectivity index (χ1) is 7.16. The Morgan fingerprint density at radius 2 is 1.83 bits per heavy atom. The number of hydrogen-bond donors (Lipinski definition) is 4. The van der Waals surface area contributed by atoms with Gasteiger partial charge < -0.3 is 47.3 Å². The number of phosphoric acid groups is 2. The molecule has 0 aliphatic carbocycles. The molecule has 1 atom stereocenters. The molecule has 13 heteroatoms. The van der Waals surface area contributed by atoms with Crippen LogP contribution in [0.25, 0.3) is 0 Å². The van der Waals surface area contributed by atoms with Gasteiger partial charge in [-0.15, -0.1) is 0 Å². The van der Waals surface area contributed by atoms with Crippen LogP contribution in [0.15, 0.2) is 11.6 Å². The monoisotopic (exact) mass is 314 g/mol. The molecule has 0 aliphatic heterocycles. The molecule has 13 N–H and O–H groups in total. The molecule has 0 aliphatic rings. The Hall–Kier alpha value is -0.160. The van der Waals surface area contributed by atoms with Crippen LogP contribution >= 0.6 is 15.6 Å². The zero-order valence-corrected chi connectivity index (χ0v) is 12.4. The lowest BCUT2D eigenvalue weighted by Gasteiger charge is -2.34. The van der Waals surface area contributed by atoms with Crippen LogP contribution in [0, 0.1) is 0 Å². The van der Waals surface area contributed by atoms with E-state index in [0.717, 1.165) is 0 Å². The van der Waals surface area contributed by atoms with Crippen LogP contribution in [0.3, 0.4) is 0 Å². The van der Waals surface area contributed by atoms with Gasteiger partial charge in [-0.25, -0.2) is 0 Å². The van der Waals surface area contributed by atoms with Crippen LogP contribution in [0.4, 0.5) is 0 Å². The van der Waals surface area contributed by atoms with Gasteiger partial charge >= 0.3 is 0 Å². The molecular weight excluding hydrogens is 292 g/mol. The number of hydrogen-bond acceptors (Lipinski definition) is 8. The minimum atomic E-state index is -5.64. The number of quaternary nitrogens is 3. The van der Waals surface area contributed by atoms with Gasteiger partial charge in [0.25, 0.3) is 7.82 Å². The molecule has 0 fully saturated rings. The van der Waals surface area contributed by atoms with Crippen LogP contribution in [0.1, 0.15) is 6.92 Å².